The third-order valence-electron chi connectivity index (χ3n) is 5.82. The predicted molar refractivity (Wildman–Crippen MR) is 130 cm³/mol. The van der Waals surface area contributed by atoms with Crippen molar-refractivity contribution in [3.63, 3.8) is 0 Å². The van der Waals surface area contributed by atoms with Crippen LogP contribution in [-0.2, 0) is 14.3 Å². The minimum Gasteiger partial charge on any atom is -0.429 e. The fraction of sp³-hybridized carbons (Fsp3) is 0.920. The number of hydrogen-bond donors (Lipinski definition) is 1. The van der Waals surface area contributed by atoms with Crippen LogP contribution in [0.25, 0.3) is 0 Å². The van der Waals surface area contributed by atoms with Gasteiger partial charge in [-0.25, -0.2) is 4.79 Å². The topological polar surface area (TPSA) is 64.6 Å². The van der Waals surface area contributed by atoms with E-state index in [0.29, 0.717) is 11.8 Å². The van der Waals surface area contributed by atoms with Crippen LogP contribution in [0.3, 0.4) is 0 Å². The molecule has 1 rings (SSSR count). The highest BCUT2D eigenvalue weighted by Gasteiger charge is 2.30. The molecule has 184 valence electrons. The number of nitrogens with one attached hydrogen (secondary N) is 1. The molecule has 0 aromatic carbocycles. The number of ether oxygens (including phenoxy) is 2. The fourth-order valence-electron chi connectivity index (χ4n) is 4.14. The summed E-state index contributed by atoms with van der Waals surface area (Å²) in [6, 6.07) is 0.709. The van der Waals surface area contributed by atoms with Crippen molar-refractivity contribution in [2.45, 2.75) is 148 Å². The SMILES string of the molecule is CC(=O)CCCCCCCCCCCCC1CC[C@@H](OC(=O)OC(C)(C)C)[C@@H](C)N1.Cl. The normalized spacial score (nSPS) is 21.3. The first-order valence-corrected chi connectivity index (χ1v) is 12.3. The third-order valence-corrected chi connectivity index (χ3v) is 5.82. The molecule has 0 spiro atoms. The number of unbranched alkanes of at least 4 members (excludes halogenated alkanes) is 9. The van der Waals surface area contributed by atoms with Crippen LogP contribution >= 0.6 is 12.4 Å². The van der Waals surface area contributed by atoms with Crippen molar-refractivity contribution in [2.24, 2.45) is 0 Å². The Morgan fingerprint density at radius 1 is 0.871 bits per heavy atom. The molecule has 6 heteroatoms. The van der Waals surface area contributed by atoms with Gasteiger partial charge in [-0.2, -0.15) is 0 Å². The Morgan fingerprint density at radius 2 is 1.39 bits per heavy atom. The lowest BCUT2D eigenvalue weighted by molar-refractivity contribution is -0.117. The molecule has 0 aliphatic carbocycles. The minimum absolute atomic E-state index is 0. The van der Waals surface area contributed by atoms with E-state index in [2.05, 4.69) is 12.2 Å². The second kappa shape index (κ2) is 16.8. The molecule has 5 nitrogen and oxygen atoms in total. The number of ketones is 1. The molecule has 1 saturated heterocycles. The molecule has 1 aliphatic rings. The highest BCUT2D eigenvalue weighted by Crippen LogP contribution is 2.22. The molecule has 1 unspecified atom stereocenters. The van der Waals surface area contributed by atoms with Crippen molar-refractivity contribution >= 4 is 24.3 Å². The standard InChI is InChI=1S/C25H47NO4.ClH/c1-20(27)16-14-12-10-8-6-7-9-11-13-15-17-22-18-19-23(21(2)26-22)29-24(28)30-25(3,4)5;/h21-23,26H,6-19H2,1-5H3;1H/t21-,22?,23-;/m1./s1. The first kappa shape index (κ1) is 30.2. The molecule has 0 amide bonds. The first-order chi connectivity index (χ1) is 14.2. The Labute approximate surface area is 197 Å². The number of carbonyl (C=O) groups is 2. The molecule has 3 atom stereocenters. The van der Waals surface area contributed by atoms with E-state index in [9.17, 15) is 9.59 Å². The lowest BCUT2D eigenvalue weighted by Gasteiger charge is -2.35. The monoisotopic (exact) mass is 461 g/mol. The quantitative estimate of drug-likeness (QED) is 0.220. The van der Waals surface area contributed by atoms with Crippen molar-refractivity contribution in [2.75, 3.05) is 0 Å². The van der Waals surface area contributed by atoms with E-state index in [-0.39, 0.29) is 24.6 Å². The molecule has 0 radical (unpaired) electrons. The van der Waals surface area contributed by atoms with Crippen LogP contribution in [0.2, 0.25) is 0 Å². The van der Waals surface area contributed by atoms with Crippen molar-refractivity contribution < 1.29 is 19.1 Å². The van der Waals surface area contributed by atoms with Crippen molar-refractivity contribution in [3.05, 3.63) is 0 Å². The van der Waals surface area contributed by atoms with Gasteiger partial charge in [0.1, 0.15) is 17.5 Å². The largest absolute Gasteiger partial charge is 0.509 e. The lowest BCUT2D eigenvalue weighted by atomic mass is 9.93. The summed E-state index contributed by atoms with van der Waals surface area (Å²) in [6.07, 6.45) is 16.1. The summed E-state index contributed by atoms with van der Waals surface area (Å²) in [4.78, 5) is 22.8. The number of halogens is 1. The molecular formula is C25H48ClNO4. The van der Waals surface area contributed by atoms with Gasteiger partial charge in [0.15, 0.2) is 0 Å². The summed E-state index contributed by atoms with van der Waals surface area (Å²) in [6.45, 7) is 9.34. The van der Waals surface area contributed by atoms with E-state index in [0.717, 1.165) is 25.7 Å². The van der Waals surface area contributed by atoms with Gasteiger partial charge in [0.25, 0.3) is 0 Å². The highest BCUT2D eigenvalue weighted by atomic mass is 35.5. The molecule has 0 bridgehead atoms. The summed E-state index contributed by atoms with van der Waals surface area (Å²) in [5.41, 5.74) is -0.513. The minimum atomic E-state index is -0.560. The van der Waals surface area contributed by atoms with Crippen LogP contribution in [0, 0.1) is 0 Å². The van der Waals surface area contributed by atoms with E-state index in [1.165, 1.54) is 64.2 Å². The van der Waals surface area contributed by atoms with E-state index in [4.69, 9.17) is 9.47 Å². The van der Waals surface area contributed by atoms with Gasteiger partial charge >= 0.3 is 6.16 Å². The van der Waals surface area contributed by atoms with E-state index in [1.54, 1.807) is 6.92 Å². The molecule has 1 N–H and O–H groups in total. The van der Waals surface area contributed by atoms with Gasteiger partial charge in [-0.1, -0.05) is 57.8 Å². The van der Waals surface area contributed by atoms with Crippen molar-refractivity contribution in [1.29, 1.82) is 0 Å². The predicted octanol–water partition coefficient (Wildman–Crippen LogP) is 7.14. The van der Waals surface area contributed by atoms with Gasteiger partial charge in [0.2, 0.25) is 0 Å². The second-order valence-electron chi connectivity index (χ2n) is 10.1. The van der Waals surface area contributed by atoms with Gasteiger partial charge in [0.05, 0.1) is 0 Å². The Balaban J connectivity index is 0.00000900. The van der Waals surface area contributed by atoms with E-state index >= 15 is 0 Å². The number of piperidine rings is 1. The average Bonchev–Trinajstić information content (AvgIpc) is 2.63. The number of rotatable bonds is 14. The van der Waals surface area contributed by atoms with E-state index < -0.39 is 11.8 Å². The maximum absolute atomic E-state index is 11.9. The first-order valence-electron chi connectivity index (χ1n) is 12.3. The van der Waals surface area contributed by atoms with Gasteiger partial charge in [-0.3, -0.25) is 0 Å². The lowest BCUT2D eigenvalue weighted by Crippen LogP contribution is -2.50. The number of carbonyl (C=O) groups excluding carboxylic acids is 2. The summed E-state index contributed by atoms with van der Waals surface area (Å²) in [5.74, 6) is 0.321. The molecular weight excluding hydrogens is 414 g/mol. The average molecular weight is 462 g/mol. The number of Topliss-reactive ketones (excluding diaryl/α,β-unsaturated/α-hetero) is 1. The Bertz CT molecular complexity index is 492. The molecule has 0 aromatic rings. The van der Waals surface area contributed by atoms with E-state index in [1.807, 2.05) is 20.8 Å². The number of hydrogen-bond acceptors (Lipinski definition) is 5. The van der Waals surface area contributed by atoms with Gasteiger partial charge in [-0.15, -0.1) is 12.4 Å². The molecule has 31 heavy (non-hydrogen) atoms. The highest BCUT2D eigenvalue weighted by molar-refractivity contribution is 5.85. The molecule has 1 aliphatic heterocycles. The molecule has 1 heterocycles. The molecule has 0 saturated carbocycles. The van der Waals surface area contributed by atoms with Crippen LogP contribution in [0.5, 0.6) is 0 Å². The maximum Gasteiger partial charge on any atom is 0.509 e. The summed E-state index contributed by atoms with van der Waals surface area (Å²) in [5, 5.41) is 3.62. The second-order valence-corrected chi connectivity index (χ2v) is 10.1. The zero-order chi connectivity index (χ0) is 22.4. The maximum atomic E-state index is 11.9. The van der Waals surface area contributed by atoms with Crippen molar-refractivity contribution in [3.8, 4) is 0 Å². The zero-order valence-corrected chi connectivity index (χ0v) is 21.5. The Kier molecular flexibility index (Phi) is 16.3. The summed E-state index contributed by atoms with van der Waals surface area (Å²) in [7, 11) is 0. The van der Waals surface area contributed by atoms with Gasteiger partial charge in [-0.05, 0) is 60.3 Å². The van der Waals surface area contributed by atoms with Crippen LogP contribution in [0.15, 0.2) is 0 Å². The summed E-state index contributed by atoms with van der Waals surface area (Å²) >= 11 is 0. The Morgan fingerprint density at radius 3 is 1.87 bits per heavy atom. The van der Waals surface area contributed by atoms with Crippen LogP contribution in [0.4, 0.5) is 4.79 Å². The van der Waals surface area contributed by atoms with Crippen LogP contribution in [0.1, 0.15) is 125 Å². The Hall–Kier alpha value is -0.810. The van der Waals surface area contributed by atoms with Crippen molar-refractivity contribution in [1.82, 2.24) is 5.32 Å². The smallest absolute Gasteiger partial charge is 0.429 e. The summed E-state index contributed by atoms with van der Waals surface area (Å²) < 4.78 is 10.8. The zero-order valence-electron chi connectivity index (χ0n) is 20.7. The van der Waals surface area contributed by atoms with Crippen LogP contribution in [-0.4, -0.2) is 35.7 Å². The fourth-order valence-corrected chi connectivity index (χ4v) is 4.14. The molecule has 1 fully saturated rings. The van der Waals surface area contributed by atoms with Gasteiger partial charge in [0, 0.05) is 18.5 Å². The van der Waals surface area contributed by atoms with Crippen LogP contribution < -0.4 is 5.32 Å². The third kappa shape index (κ3) is 16.5. The van der Waals surface area contributed by atoms with Gasteiger partial charge < -0.3 is 19.6 Å². The molecule has 0 aromatic heterocycles.